The average molecular weight is 370 g/mol. The number of amides is 1. The Hall–Kier alpha value is -2.80. The lowest BCUT2D eigenvalue weighted by Crippen LogP contribution is -2.37. The molecular formula is C19H20N3O3S+. The average Bonchev–Trinajstić information content (AvgIpc) is 2.98. The van der Waals surface area contributed by atoms with Crippen LogP contribution in [0.25, 0.3) is 5.69 Å². The molecule has 1 aromatic heterocycles. The van der Waals surface area contributed by atoms with E-state index >= 15 is 0 Å². The predicted octanol–water partition coefficient (Wildman–Crippen LogP) is 2.98. The van der Waals surface area contributed by atoms with Gasteiger partial charge in [0.05, 0.1) is 5.25 Å². The van der Waals surface area contributed by atoms with E-state index in [4.69, 9.17) is 4.52 Å². The Kier molecular flexibility index (Phi) is 5.27. The van der Waals surface area contributed by atoms with Crippen LogP contribution in [0.5, 0.6) is 0 Å². The van der Waals surface area contributed by atoms with Crippen molar-refractivity contribution in [1.82, 2.24) is 5.27 Å². The van der Waals surface area contributed by atoms with Crippen LogP contribution in [0.15, 0.2) is 62.9 Å². The minimum atomic E-state index is -0.509. The first kappa shape index (κ1) is 18.0. The molecule has 26 heavy (non-hydrogen) atoms. The first-order valence-corrected chi connectivity index (χ1v) is 9.07. The van der Waals surface area contributed by atoms with E-state index in [1.54, 1.807) is 11.6 Å². The van der Waals surface area contributed by atoms with E-state index in [1.807, 2.05) is 62.4 Å². The van der Waals surface area contributed by atoms with Crippen molar-refractivity contribution >= 4 is 23.4 Å². The molecule has 0 saturated carbocycles. The quantitative estimate of drug-likeness (QED) is 0.535. The third-order valence-electron chi connectivity index (χ3n) is 3.88. The zero-order valence-corrected chi connectivity index (χ0v) is 15.6. The highest BCUT2D eigenvalue weighted by Gasteiger charge is 2.28. The molecule has 7 heteroatoms. The zero-order valence-electron chi connectivity index (χ0n) is 14.8. The molecule has 0 aliphatic rings. The van der Waals surface area contributed by atoms with Gasteiger partial charge in [0.2, 0.25) is 11.6 Å². The van der Waals surface area contributed by atoms with Gasteiger partial charge in [-0.05, 0) is 54.6 Å². The number of H-pyrrole nitrogens is 1. The van der Waals surface area contributed by atoms with E-state index in [0.717, 1.165) is 34.3 Å². The van der Waals surface area contributed by atoms with Gasteiger partial charge in [-0.3, -0.25) is 9.32 Å². The van der Waals surface area contributed by atoms with Crippen LogP contribution >= 0.6 is 11.8 Å². The Labute approximate surface area is 155 Å². The number of aromatic nitrogens is 2. The maximum Gasteiger partial charge on any atom is 0.442 e. The molecule has 0 spiro atoms. The molecule has 0 saturated heterocycles. The zero-order chi connectivity index (χ0) is 18.7. The molecule has 0 aliphatic carbocycles. The van der Waals surface area contributed by atoms with Crippen molar-refractivity contribution in [2.45, 2.75) is 31.0 Å². The molecule has 0 fully saturated rings. The van der Waals surface area contributed by atoms with Crippen LogP contribution in [0, 0.1) is 13.8 Å². The normalized spacial score (nSPS) is 12.0. The van der Waals surface area contributed by atoms with Gasteiger partial charge in [0.1, 0.15) is 0 Å². The number of carbonyl (C=O) groups excluding carboxylic acids is 1. The number of aryl methyl sites for hydroxylation is 2. The molecule has 1 atom stereocenters. The molecule has 6 nitrogen and oxygen atoms in total. The number of benzene rings is 2. The van der Waals surface area contributed by atoms with Crippen molar-refractivity contribution in [3.05, 3.63) is 70.1 Å². The molecule has 134 valence electrons. The summed E-state index contributed by atoms with van der Waals surface area (Å²) in [5.74, 6) is -0.185. The van der Waals surface area contributed by atoms with Crippen molar-refractivity contribution in [3.8, 4) is 5.69 Å². The first-order valence-electron chi connectivity index (χ1n) is 8.19. The molecule has 3 aromatic rings. The lowest BCUT2D eigenvalue weighted by atomic mass is 10.2. The molecule has 0 bridgehead atoms. The van der Waals surface area contributed by atoms with E-state index in [1.165, 1.54) is 0 Å². The summed E-state index contributed by atoms with van der Waals surface area (Å²) in [5.41, 5.74) is 3.20. The van der Waals surface area contributed by atoms with Crippen LogP contribution in [0.4, 0.5) is 5.69 Å². The van der Waals surface area contributed by atoms with E-state index in [0.29, 0.717) is 5.03 Å². The van der Waals surface area contributed by atoms with Crippen LogP contribution in [-0.4, -0.2) is 16.4 Å². The van der Waals surface area contributed by atoms with Crippen LogP contribution in [0.2, 0.25) is 0 Å². The number of nitrogens with zero attached hydrogens (tertiary/aromatic N) is 1. The van der Waals surface area contributed by atoms with Crippen molar-refractivity contribution in [1.29, 1.82) is 0 Å². The summed E-state index contributed by atoms with van der Waals surface area (Å²) in [4.78, 5) is 24.5. The van der Waals surface area contributed by atoms with Gasteiger partial charge in [0.15, 0.2) is 0 Å². The maximum atomic E-state index is 12.4. The number of carbonyl (C=O) groups is 1. The fraction of sp³-hybridized carbons (Fsp3) is 0.211. The van der Waals surface area contributed by atoms with Gasteiger partial charge in [0, 0.05) is 17.8 Å². The highest BCUT2D eigenvalue weighted by Crippen LogP contribution is 2.20. The molecule has 2 aromatic carbocycles. The lowest BCUT2D eigenvalue weighted by Gasteiger charge is -2.09. The van der Waals surface area contributed by atoms with Crippen LogP contribution < -0.4 is 15.6 Å². The summed E-state index contributed by atoms with van der Waals surface area (Å²) in [5, 5.41) is 5.28. The van der Waals surface area contributed by atoms with Crippen LogP contribution in [0.1, 0.15) is 18.1 Å². The van der Waals surface area contributed by atoms with Gasteiger partial charge < -0.3 is 5.32 Å². The molecule has 0 radical (unpaired) electrons. The highest BCUT2D eigenvalue weighted by atomic mass is 32.2. The highest BCUT2D eigenvalue weighted by molar-refractivity contribution is 8.00. The van der Waals surface area contributed by atoms with Gasteiger partial charge in [-0.25, -0.2) is 4.79 Å². The monoisotopic (exact) mass is 370 g/mol. The number of hydrogen-bond donors (Lipinski definition) is 2. The van der Waals surface area contributed by atoms with Crippen molar-refractivity contribution in [3.63, 3.8) is 0 Å². The van der Waals surface area contributed by atoms with Crippen LogP contribution in [-0.2, 0) is 4.79 Å². The molecule has 3 rings (SSSR count). The Bertz CT molecular complexity index is 959. The van der Waals surface area contributed by atoms with Gasteiger partial charge in [-0.2, -0.15) is 0 Å². The number of rotatable bonds is 5. The topological polar surface area (TPSA) is 79.0 Å². The lowest BCUT2D eigenvalue weighted by molar-refractivity contribution is -0.704. The summed E-state index contributed by atoms with van der Waals surface area (Å²) < 4.78 is 6.47. The van der Waals surface area contributed by atoms with Gasteiger partial charge in [-0.1, -0.05) is 35.4 Å². The molecule has 2 N–H and O–H groups in total. The molecule has 1 heterocycles. The second-order valence-electron chi connectivity index (χ2n) is 6.07. The maximum absolute atomic E-state index is 12.4. The van der Waals surface area contributed by atoms with Gasteiger partial charge >= 0.3 is 10.7 Å². The van der Waals surface area contributed by atoms with Crippen molar-refractivity contribution < 1.29 is 14.0 Å². The number of hydrogen-bond acceptors (Lipinski definition) is 4. The SMILES string of the molecule is Cc1ccc(NC(=O)C(C)Sc2c(=O)o[nH][n+]2-c2ccc(C)cc2)cc1. The Morgan fingerprint density at radius 1 is 1.08 bits per heavy atom. The molecular weight excluding hydrogens is 350 g/mol. The number of thioether (sulfide) groups is 1. The minimum Gasteiger partial charge on any atom is -0.325 e. The summed E-state index contributed by atoms with van der Waals surface area (Å²) in [6.45, 7) is 5.72. The van der Waals surface area contributed by atoms with E-state index in [2.05, 4.69) is 10.6 Å². The van der Waals surface area contributed by atoms with Crippen molar-refractivity contribution in [2.75, 3.05) is 5.32 Å². The first-order chi connectivity index (χ1) is 12.4. The summed E-state index contributed by atoms with van der Waals surface area (Å²) >= 11 is 1.15. The smallest absolute Gasteiger partial charge is 0.325 e. The van der Waals surface area contributed by atoms with Crippen molar-refractivity contribution in [2.24, 2.45) is 0 Å². The van der Waals surface area contributed by atoms with E-state index in [9.17, 15) is 9.59 Å². The van der Waals surface area contributed by atoms with E-state index in [-0.39, 0.29) is 5.91 Å². The Morgan fingerprint density at radius 3 is 2.27 bits per heavy atom. The van der Waals surface area contributed by atoms with E-state index < -0.39 is 10.9 Å². The second-order valence-corrected chi connectivity index (χ2v) is 7.40. The molecule has 1 unspecified atom stereocenters. The minimum absolute atomic E-state index is 0.185. The summed E-state index contributed by atoms with van der Waals surface area (Å²) in [6.07, 6.45) is 0. The second kappa shape index (κ2) is 7.61. The third kappa shape index (κ3) is 4.05. The largest absolute Gasteiger partial charge is 0.442 e. The summed E-state index contributed by atoms with van der Waals surface area (Å²) in [7, 11) is 0. The molecule has 0 aliphatic heterocycles. The number of nitrogens with one attached hydrogen (secondary N) is 2. The number of aromatic amines is 1. The van der Waals surface area contributed by atoms with Gasteiger partial charge in [0.25, 0.3) is 0 Å². The standard InChI is InChI=1S/C19H19N3O3S/c1-12-4-8-15(9-5-12)20-17(23)14(3)26-18-19(24)25-21-22(18)16-10-6-13(2)7-11-16/h4-11,14H,1-3H3,(H-,20,21,23,24)/p+1. The third-order valence-corrected chi connectivity index (χ3v) is 5.02. The predicted molar refractivity (Wildman–Crippen MR) is 101 cm³/mol. The Balaban J connectivity index is 1.76. The van der Waals surface area contributed by atoms with Gasteiger partial charge in [-0.15, -0.1) is 0 Å². The fourth-order valence-electron chi connectivity index (χ4n) is 2.33. The summed E-state index contributed by atoms with van der Waals surface area (Å²) in [6, 6.07) is 15.2. The Morgan fingerprint density at radius 2 is 1.65 bits per heavy atom. The number of anilines is 1. The van der Waals surface area contributed by atoms with Crippen LogP contribution in [0.3, 0.4) is 0 Å². The fourth-order valence-corrected chi connectivity index (χ4v) is 3.22. The molecule has 1 amide bonds.